The molecule has 1 aromatic carbocycles. The maximum absolute atomic E-state index is 5.46. The van der Waals surface area contributed by atoms with Crippen molar-refractivity contribution in [3.05, 3.63) is 42.2 Å². The first-order chi connectivity index (χ1) is 8.79. The van der Waals surface area contributed by atoms with Gasteiger partial charge >= 0.3 is 0 Å². The fourth-order valence-corrected chi connectivity index (χ4v) is 1.84. The molecule has 0 saturated carbocycles. The first kappa shape index (κ1) is 12.5. The number of nitrogens with one attached hydrogen (secondary N) is 1. The van der Waals surface area contributed by atoms with Gasteiger partial charge in [0.15, 0.2) is 0 Å². The summed E-state index contributed by atoms with van der Waals surface area (Å²) in [6, 6.07) is 10.1. The van der Waals surface area contributed by atoms with E-state index < -0.39 is 0 Å². The van der Waals surface area contributed by atoms with Gasteiger partial charge in [0.1, 0.15) is 5.75 Å². The molecule has 0 spiro atoms. The van der Waals surface area contributed by atoms with Crippen molar-refractivity contribution in [2.75, 3.05) is 18.5 Å². The first-order valence-electron chi connectivity index (χ1n) is 6.23. The summed E-state index contributed by atoms with van der Waals surface area (Å²) in [6.07, 6.45) is 2.78. The van der Waals surface area contributed by atoms with E-state index in [1.165, 1.54) is 5.69 Å². The smallest absolute Gasteiger partial charge is 0.121 e. The summed E-state index contributed by atoms with van der Waals surface area (Å²) in [6.45, 7) is 3.57. The van der Waals surface area contributed by atoms with E-state index in [0.29, 0.717) is 6.61 Å². The van der Waals surface area contributed by atoms with Crippen LogP contribution in [-0.4, -0.2) is 22.9 Å². The van der Waals surface area contributed by atoms with Gasteiger partial charge in [-0.15, -0.1) is 0 Å². The van der Waals surface area contributed by atoms with Gasteiger partial charge in [0.2, 0.25) is 0 Å². The summed E-state index contributed by atoms with van der Waals surface area (Å²) in [5, 5.41) is 7.54. The monoisotopic (exact) mass is 245 g/mol. The molecule has 96 valence electrons. The summed E-state index contributed by atoms with van der Waals surface area (Å²) in [4.78, 5) is 0. The molecule has 0 atom stereocenters. The minimum Gasteiger partial charge on any atom is -0.494 e. The van der Waals surface area contributed by atoms with Crippen molar-refractivity contribution in [3.8, 4) is 5.75 Å². The second-order valence-corrected chi connectivity index (χ2v) is 4.08. The summed E-state index contributed by atoms with van der Waals surface area (Å²) in [7, 11) is 1.96. The van der Waals surface area contributed by atoms with Gasteiger partial charge in [-0.1, -0.05) is 6.07 Å². The number of aryl methyl sites for hydroxylation is 1. The molecule has 4 heteroatoms. The molecule has 0 saturated heterocycles. The summed E-state index contributed by atoms with van der Waals surface area (Å²) in [5.74, 6) is 0.906. The van der Waals surface area contributed by atoms with Gasteiger partial charge < -0.3 is 10.1 Å². The van der Waals surface area contributed by atoms with Crippen LogP contribution in [0.15, 0.2) is 36.5 Å². The molecule has 0 aliphatic rings. The molecule has 0 aliphatic carbocycles. The highest BCUT2D eigenvalue weighted by molar-refractivity contribution is 5.48. The van der Waals surface area contributed by atoms with Crippen LogP contribution in [0.2, 0.25) is 0 Å². The van der Waals surface area contributed by atoms with Crippen LogP contribution in [0.4, 0.5) is 5.69 Å². The SMILES string of the molecule is CCOc1cccc(NCCc2ccnn2C)c1. The van der Waals surface area contributed by atoms with E-state index in [2.05, 4.69) is 10.4 Å². The van der Waals surface area contributed by atoms with Crippen molar-refractivity contribution in [2.45, 2.75) is 13.3 Å². The van der Waals surface area contributed by atoms with E-state index in [-0.39, 0.29) is 0 Å². The lowest BCUT2D eigenvalue weighted by atomic mass is 10.2. The predicted molar refractivity (Wildman–Crippen MR) is 73.0 cm³/mol. The molecule has 1 N–H and O–H groups in total. The van der Waals surface area contributed by atoms with Crippen LogP contribution in [0.1, 0.15) is 12.6 Å². The van der Waals surface area contributed by atoms with Crippen LogP contribution in [0, 0.1) is 0 Å². The second kappa shape index (κ2) is 6.10. The van der Waals surface area contributed by atoms with Gasteiger partial charge in [0.05, 0.1) is 6.61 Å². The molecule has 0 unspecified atom stereocenters. The van der Waals surface area contributed by atoms with Crippen molar-refractivity contribution < 1.29 is 4.74 Å². The number of nitrogens with zero attached hydrogens (tertiary/aromatic N) is 2. The lowest BCUT2D eigenvalue weighted by Crippen LogP contribution is -2.08. The van der Waals surface area contributed by atoms with E-state index in [1.807, 2.05) is 55.2 Å². The number of hydrogen-bond donors (Lipinski definition) is 1. The van der Waals surface area contributed by atoms with E-state index >= 15 is 0 Å². The van der Waals surface area contributed by atoms with Crippen molar-refractivity contribution >= 4 is 5.69 Å². The number of anilines is 1. The molecule has 0 radical (unpaired) electrons. The van der Waals surface area contributed by atoms with E-state index in [9.17, 15) is 0 Å². The van der Waals surface area contributed by atoms with Gasteiger partial charge in [-0.25, -0.2) is 0 Å². The zero-order valence-electron chi connectivity index (χ0n) is 10.9. The third kappa shape index (κ3) is 3.26. The summed E-state index contributed by atoms with van der Waals surface area (Å²) >= 11 is 0. The van der Waals surface area contributed by atoms with Crippen LogP contribution in [0.5, 0.6) is 5.75 Å². The number of ether oxygens (including phenoxy) is 1. The molecule has 1 aromatic heterocycles. The average molecular weight is 245 g/mol. The third-order valence-corrected chi connectivity index (χ3v) is 2.78. The fourth-order valence-electron chi connectivity index (χ4n) is 1.84. The Balaban J connectivity index is 1.86. The topological polar surface area (TPSA) is 39.1 Å². The highest BCUT2D eigenvalue weighted by Gasteiger charge is 1.99. The zero-order valence-corrected chi connectivity index (χ0v) is 10.9. The Labute approximate surface area is 108 Å². The highest BCUT2D eigenvalue weighted by Crippen LogP contribution is 2.17. The Kier molecular flexibility index (Phi) is 4.23. The van der Waals surface area contributed by atoms with Gasteiger partial charge in [-0.2, -0.15) is 5.10 Å². The zero-order chi connectivity index (χ0) is 12.8. The number of benzene rings is 1. The standard InChI is InChI=1S/C14H19N3O/c1-3-18-14-6-4-5-12(11-14)15-9-7-13-8-10-16-17(13)2/h4-6,8,10-11,15H,3,7,9H2,1-2H3. The predicted octanol–water partition coefficient (Wildman–Crippen LogP) is 2.47. The third-order valence-electron chi connectivity index (χ3n) is 2.78. The fraction of sp³-hybridized carbons (Fsp3) is 0.357. The highest BCUT2D eigenvalue weighted by atomic mass is 16.5. The Hall–Kier alpha value is -1.97. The normalized spacial score (nSPS) is 10.3. The maximum Gasteiger partial charge on any atom is 0.121 e. The van der Waals surface area contributed by atoms with E-state index in [1.54, 1.807) is 0 Å². The first-order valence-corrected chi connectivity index (χ1v) is 6.23. The molecule has 0 fully saturated rings. The van der Waals surface area contributed by atoms with Gasteiger partial charge in [0.25, 0.3) is 0 Å². The van der Waals surface area contributed by atoms with Crippen LogP contribution < -0.4 is 10.1 Å². The number of aromatic nitrogens is 2. The Bertz CT molecular complexity index is 493. The quantitative estimate of drug-likeness (QED) is 0.849. The molecule has 0 aliphatic heterocycles. The molecule has 1 heterocycles. The minimum atomic E-state index is 0.693. The van der Waals surface area contributed by atoms with Crippen molar-refractivity contribution in [3.63, 3.8) is 0 Å². The van der Waals surface area contributed by atoms with Gasteiger partial charge in [-0.05, 0) is 25.1 Å². The molecular weight excluding hydrogens is 226 g/mol. The van der Waals surface area contributed by atoms with E-state index in [0.717, 1.165) is 24.4 Å². The lowest BCUT2D eigenvalue weighted by molar-refractivity contribution is 0.340. The summed E-state index contributed by atoms with van der Waals surface area (Å²) in [5.41, 5.74) is 2.31. The van der Waals surface area contributed by atoms with Gasteiger partial charge in [0, 0.05) is 43.7 Å². The molecule has 2 aromatic rings. The van der Waals surface area contributed by atoms with Crippen molar-refractivity contribution in [1.29, 1.82) is 0 Å². The molecule has 18 heavy (non-hydrogen) atoms. The molecule has 0 amide bonds. The number of hydrogen-bond acceptors (Lipinski definition) is 3. The summed E-state index contributed by atoms with van der Waals surface area (Å²) < 4.78 is 7.36. The van der Waals surface area contributed by atoms with Gasteiger partial charge in [-0.3, -0.25) is 4.68 Å². The molecule has 2 rings (SSSR count). The van der Waals surface area contributed by atoms with Crippen molar-refractivity contribution in [1.82, 2.24) is 9.78 Å². The minimum absolute atomic E-state index is 0.693. The van der Waals surface area contributed by atoms with Crippen LogP contribution in [-0.2, 0) is 13.5 Å². The molecule has 4 nitrogen and oxygen atoms in total. The Morgan fingerprint density at radius 1 is 1.33 bits per heavy atom. The van der Waals surface area contributed by atoms with Crippen LogP contribution in [0.25, 0.3) is 0 Å². The molecule has 0 bridgehead atoms. The van der Waals surface area contributed by atoms with Crippen LogP contribution in [0.3, 0.4) is 0 Å². The number of rotatable bonds is 6. The Morgan fingerprint density at radius 2 is 2.22 bits per heavy atom. The lowest BCUT2D eigenvalue weighted by Gasteiger charge is -2.09. The van der Waals surface area contributed by atoms with E-state index in [4.69, 9.17) is 4.74 Å². The molecular formula is C14H19N3O. The second-order valence-electron chi connectivity index (χ2n) is 4.08. The average Bonchev–Trinajstić information content (AvgIpc) is 2.76. The Morgan fingerprint density at radius 3 is 2.94 bits per heavy atom. The maximum atomic E-state index is 5.46. The van der Waals surface area contributed by atoms with Crippen molar-refractivity contribution in [2.24, 2.45) is 7.05 Å². The van der Waals surface area contributed by atoms with Crippen LogP contribution >= 0.6 is 0 Å². The largest absolute Gasteiger partial charge is 0.494 e.